The minimum atomic E-state index is -0.508. The lowest BCUT2D eigenvalue weighted by Gasteiger charge is -2.20. The Kier molecular flexibility index (Phi) is 7.16. The third-order valence-electron chi connectivity index (χ3n) is 6.32. The fourth-order valence-corrected chi connectivity index (χ4v) is 4.48. The summed E-state index contributed by atoms with van der Waals surface area (Å²) in [5.41, 5.74) is 3.97. The van der Waals surface area contributed by atoms with Crippen molar-refractivity contribution in [3.05, 3.63) is 101 Å². The molecule has 5 nitrogen and oxygen atoms in total. The summed E-state index contributed by atoms with van der Waals surface area (Å²) in [7, 11) is 1.73. The standard InChI is InChI=1S/C27H30FN3O2/c1-18-14-20(16-29-26(18)28)17-31(2)27(33)22-10-8-19(9-11-22)15-23-12-13-24(30-23)25(32)21-6-4-3-5-7-21/h3-11,14,16,23-25,30,32H,12-13,15,17H2,1-2H3/t23-,24+,25+/m0/s1. The molecule has 0 aliphatic carbocycles. The van der Waals surface area contributed by atoms with Crippen molar-refractivity contribution < 1.29 is 14.3 Å². The van der Waals surface area contributed by atoms with Crippen LogP contribution in [0.2, 0.25) is 0 Å². The minimum absolute atomic E-state index is 0.0523. The van der Waals surface area contributed by atoms with Crippen LogP contribution in [0.4, 0.5) is 4.39 Å². The third-order valence-corrected chi connectivity index (χ3v) is 6.32. The Bertz CT molecular complexity index is 1090. The molecular weight excluding hydrogens is 417 g/mol. The van der Waals surface area contributed by atoms with E-state index in [1.165, 1.54) is 6.20 Å². The van der Waals surface area contributed by atoms with Gasteiger partial charge in [0.05, 0.1) is 6.10 Å². The monoisotopic (exact) mass is 447 g/mol. The largest absolute Gasteiger partial charge is 0.387 e. The van der Waals surface area contributed by atoms with Crippen LogP contribution >= 0.6 is 0 Å². The van der Waals surface area contributed by atoms with Gasteiger partial charge in [0.15, 0.2) is 0 Å². The lowest BCUT2D eigenvalue weighted by atomic mass is 10.0. The highest BCUT2D eigenvalue weighted by Crippen LogP contribution is 2.26. The smallest absolute Gasteiger partial charge is 0.253 e. The molecule has 2 heterocycles. The second-order valence-electron chi connectivity index (χ2n) is 8.92. The summed E-state index contributed by atoms with van der Waals surface area (Å²) in [6, 6.07) is 19.5. The number of nitrogens with zero attached hydrogens (tertiary/aromatic N) is 2. The number of pyridine rings is 1. The Hall–Kier alpha value is -3.09. The Labute approximate surface area is 194 Å². The number of benzene rings is 2. The van der Waals surface area contributed by atoms with Gasteiger partial charge in [-0.15, -0.1) is 0 Å². The fourth-order valence-electron chi connectivity index (χ4n) is 4.48. The molecule has 172 valence electrons. The SMILES string of the molecule is Cc1cc(CN(C)C(=O)c2ccc(C[C@@H]3CC[C@H]([C@H](O)c4ccccc4)N3)cc2)cnc1F. The van der Waals surface area contributed by atoms with Crippen molar-refractivity contribution in [1.29, 1.82) is 0 Å². The number of carbonyl (C=O) groups is 1. The molecule has 2 aromatic carbocycles. The normalized spacial score (nSPS) is 18.8. The van der Waals surface area contributed by atoms with Crippen molar-refractivity contribution in [2.24, 2.45) is 0 Å². The van der Waals surface area contributed by atoms with Crippen LogP contribution in [-0.4, -0.2) is 40.0 Å². The summed E-state index contributed by atoms with van der Waals surface area (Å²) in [5.74, 6) is -0.575. The highest BCUT2D eigenvalue weighted by molar-refractivity contribution is 5.94. The fraction of sp³-hybridized carbons (Fsp3) is 0.333. The van der Waals surface area contributed by atoms with Gasteiger partial charge in [-0.25, -0.2) is 4.98 Å². The maximum absolute atomic E-state index is 13.4. The van der Waals surface area contributed by atoms with Gasteiger partial charge in [0.1, 0.15) is 0 Å². The molecule has 6 heteroatoms. The van der Waals surface area contributed by atoms with Gasteiger partial charge in [-0.05, 0) is 61.1 Å². The first kappa shape index (κ1) is 23.1. The molecule has 1 aliphatic heterocycles. The van der Waals surface area contributed by atoms with Crippen molar-refractivity contribution in [3.8, 4) is 0 Å². The van der Waals surface area contributed by atoms with Gasteiger partial charge in [-0.2, -0.15) is 4.39 Å². The van der Waals surface area contributed by atoms with Gasteiger partial charge in [0.2, 0.25) is 5.95 Å². The Morgan fingerprint density at radius 3 is 2.58 bits per heavy atom. The van der Waals surface area contributed by atoms with Crippen molar-refractivity contribution in [1.82, 2.24) is 15.2 Å². The van der Waals surface area contributed by atoms with E-state index in [9.17, 15) is 14.3 Å². The van der Waals surface area contributed by atoms with Crippen LogP contribution in [0.5, 0.6) is 0 Å². The average molecular weight is 448 g/mol. The van der Waals surface area contributed by atoms with Crippen LogP contribution in [0.1, 0.15) is 51.6 Å². The van der Waals surface area contributed by atoms with Crippen molar-refractivity contribution >= 4 is 5.91 Å². The number of halogens is 1. The summed E-state index contributed by atoms with van der Waals surface area (Å²) in [6.07, 6.45) is 3.74. The number of aliphatic hydroxyl groups is 1. The molecule has 0 radical (unpaired) electrons. The highest BCUT2D eigenvalue weighted by Gasteiger charge is 2.29. The number of rotatable bonds is 7. The van der Waals surface area contributed by atoms with Crippen LogP contribution in [0.15, 0.2) is 66.9 Å². The Morgan fingerprint density at radius 1 is 1.15 bits per heavy atom. The zero-order valence-electron chi connectivity index (χ0n) is 19.0. The van der Waals surface area contributed by atoms with E-state index in [1.807, 2.05) is 54.6 Å². The molecule has 1 aliphatic rings. The number of aryl methyl sites for hydroxylation is 1. The molecule has 0 bridgehead atoms. The van der Waals surface area contributed by atoms with Crippen molar-refractivity contribution in [2.75, 3.05) is 7.05 Å². The lowest BCUT2D eigenvalue weighted by molar-refractivity contribution is 0.0785. The predicted molar refractivity (Wildman–Crippen MR) is 126 cm³/mol. The number of aromatic nitrogens is 1. The molecule has 33 heavy (non-hydrogen) atoms. The summed E-state index contributed by atoms with van der Waals surface area (Å²) in [6.45, 7) is 2.03. The van der Waals surface area contributed by atoms with Gasteiger partial charge >= 0.3 is 0 Å². The van der Waals surface area contributed by atoms with Crippen LogP contribution in [0, 0.1) is 12.9 Å². The van der Waals surface area contributed by atoms with E-state index in [4.69, 9.17) is 0 Å². The topological polar surface area (TPSA) is 65.5 Å². The van der Waals surface area contributed by atoms with E-state index in [0.29, 0.717) is 23.7 Å². The Morgan fingerprint density at radius 2 is 1.88 bits per heavy atom. The first-order chi connectivity index (χ1) is 15.9. The second kappa shape index (κ2) is 10.2. The maximum atomic E-state index is 13.4. The molecule has 4 rings (SSSR count). The number of hydrogen-bond acceptors (Lipinski definition) is 4. The molecule has 0 spiro atoms. The zero-order chi connectivity index (χ0) is 23.4. The maximum Gasteiger partial charge on any atom is 0.253 e. The molecule has 3 aromatic rings. The van der Waals surface area contributed by atoms with E-state index in [1.54, 1.807) is 24.9 Å². The van der Waals surface area contributed by atoms with Gasteiger partial charge < -0.3 is 15.3 Å². The molecule has 0 saturated carbocycles. The molecular formula is C27H30FN3O2. The first-order valence-corrected chi connectivity index (χ1v) is 11.3. The highest BCUT2D eigenvalue weighted by atomic mass is 19.1. The summed E-state index contributed by atoms with van der Waals surface area (Å²) < 4.78 is 13.4. The molecule has 3 atom stereocenters. The number of aliphatic hydroxyl groups excluding tert-OH is 1. The molecule has 2 N–H and O–H groups in total. The van der Waals surface area contributed by atoms with Crippen molar-refractivity contribution in [2.45, 2.75) is 50.9 Å². The molecule has 1 saturated heterocycles. The van der Waals surface area contributed by atoms with Crippen LogP contribution in [0.25, 0.3) is 0 Å². The predicted octanol–water partition coefficient (Wildman–Crippen LogP) is 4.20. The minimum Gasteiger partial charge on any atom is -0.387 e. The number of carbonyl (C=O) groups excluding carboxylic acids is 1. The second-order valence-corrected chi connectivity index (χ2v) is 8.92. The van der Waals surface area contributed by atoms with E-state index >= 15 is 0 Å². The van der Waals surface area contributed by atoms with Gasteiger partial charge in [0, 0.05) is 43.0 Å². The zero-order valence-corrected chi connectivity index (χ0v) is 19.0. The Balaban J connectivity index is 1.31. The number of amides is 1. The van der Waals surface area contributed by atoms with Crippen molar-refractivity contribution in [3.63, 3.8) is 0 Å². The molecule has 1 fully saturated rings. The summed E-state index contributed by atoms with van der Waals surface area (Å²) >= 11 is 0. The number of nitrogens with one attached hydrogen (secondary N) is 1. The van der Waals surface area contributed by atoms with Gasteiger partial charge in [-0.3, -0.25) is 4.79 Å². The third kappa shape index (κ3) is 5.64. The average Bonchev–Trinajstić information content (AvgIpc) is 3.30. The van der Waals surface area contributed by atoms with Gasteiger partial charge in [-0.1, -0.05) is 42.5 Å². The van der Waals surface area contributed by atoms with E-state index in [-0.39, 0.29) is 11.9 Å². The first-order valence-electron chi connectivity index (χ1n) is 11.3. The quantitative estimate of drug-likeness (QED) is 0.533. The van der Waals surface area contributed by atoms with Gasteiger partial charge in [0.25, 0.3) is 5.91 Å². The van der Waals surface area contributed by atoms with Crippen LogP contribution in [0.3, 0.4) is 0 Å². The van der Waals surface area contributed by atoms with E-state index < -0.39 is 12.1 Å². The number of hydrogen-bond donors (Lipinski definition) is 2. The molecule has 1 aromatic heterocycles. The molecule has 0 unspecified atom stereocenters. The molecule has 1 amide bonds. The van der Waals surface area contributed by atoms with Crippen LogP contribution < -0.4 is 5.32 Å². The summed E-state index contributed by atoms with van der Waals surface area (Å²) in [4.78, 5) is 18.1. The van der Waals surface area contributed by atoms with E-state index in [2.05, 4.69) is 10.3 Å². The lowest BCUT2D eigenvalue weighted by Crippen LogP contribution is -2.35. The van der Waals surface area contributed by atoms with Crippen LogP contribution in [-0.2, 0) is 13.0 Å². The van der Waals surface area contributed by atoms with E-state index in [0.717, 1.165) is 36.0 Å². The summed E-state index contributed by atoms with van der Waals surface area (Å²) in [5, 5.41) is 14.2.